The predicted octanol–water partition coefficient (Wildman–Crippen LogP) is 2.59. The summed E-state index contributed by atoms with van der Waals surface area (Å²) in [5, 5.41) is 3.46. The van der Waals surface area contributed by atoms with Crippen molar-refractivity contribution < 1.29 is 4.79 Å². The Bertz CT molecular complexity index is 501. The van der Waals surface area contributed by atoms with Crippen LogP contribution in [0.5, 0.6) is 0 Å². The van der Waals surface area contributed by atoms with Crippen LogP contribution in [0.15, 0.2) is 12.4 Å². The van der Waals surface area contributed by atoms with E-state index in [1.165, 1.54) is 0 Å². The zero-order chi connectivity index (χ0) is 15.5. The number of carbonyl (C=O) groups excluding carboxylic acids is 1. The molecule has 0 aromatic carbocycles. The van der Waals surface area contributed by atoms with Crippen LogP contribution in [0, 0.1) is 0 Å². The molecule has 0 spiro atoms. The van der Waals surface area contributed by atoms with E-state index in [0.717, 1.165) is 43.9 Å². The van der Waals surface area contributed by atoms with Gasteiger partial charge in [0, 0.05) is 37.5 Å². The average Bonchev–Trinajstić information content (AvgIpc) is 2.48. The third kappa shape index (κ3) is 3.93. The standard InChI is InChI=1S/C16H26N4O/c1-5-16(3,4)14-9-15(18-11-17-14)19-13-7-6-8-20(10-13)12(2)21/h9,11,13H,5-8,10H2,1-4H3,(H,17,18,19)/t13-/m0/s1. The molecule has 1 saturated heterocycles. The van der Waals surface area contributed by atoms with Crippen LogP contribution in [0.3, 0.4) is 0 Å². The molecule has 0 saturated carbocycles. The molecule has 1 aliphatic rings. The highest BCUT2D eigenvalue weighted by molar-refractivity contribution is 5.73. The Kier molecular flexibility index (Phi) is 4.80. The van der Waals surface area contributed by atoms with Crippen molar-refractivity contribution in [3.8, 4) is 0 Å². The molecule has 1 amide bonds. The number of piperidine rings is 1. The van der Waals surface area contributed by atoms with Crippen LogP contribution in [-0.4, -0.2) is 39.9 Å². The number of likely N-dealkylation sites (tertiary alicyclic amines) is 1. The molecule has 116 valence electrons. The smallest absolute Gasteiger partial charge is 0.219 e. The molecule has 0 bridgehead atoms. The molecular formula is C16H26N4O. The lowest BCUT2D eigenvalue weighted by atomic mass is 9.86. The van der Waals surface area contributed by atoms with E-state index in [4.69, 9.17) is 0 Å². The Labute approximate surface area is 127 Å². The third-order valence-corrected chi connectivity index (χ3v) is 4.46. The molecule has 0 unspecified atom stereocenters. The van der Waals surface area contributed by atoms with Gasteiger partial charge >= 0.3 is 0 Å². The molecule has 21 heavy (non-hydrogen) atoms. The Hall–Kier alpha value is -1.65. The van der Waals surface area contributed by atoms with Crippen molar-refractivity contribution in [1.82, 2.24) is 14.9 Å². The number of aromatic nitrogens is 2. The van der Waals surface area contributed by atoms with Crippen molar-refractivity contribution >= 4 is 11.7 Å². The number of carbonyl (C=O) groups is 1. The molecule has 0 radical (unpaired) electrons. The zero-order valence-electron chi connectivity index (χ0n) is 13.5. The Balaban J connectivity index is 2.06. The lowest BCUT2D eigenvalue weighted by Crippen LogP contribution is -2.44. The average molecular weight is 290 g/mol. The first kappa shape index (κ1) is 15.7. The first-order valence-corrected chi connectivity index (χ1v) is 7.77. The minimum Gasteiger partial charge on any atom is -0.365 e. The maximum atomic E-state index is 11.5. The number of rotatable bonds is 4. The molecule has 1 atom stereocenters. The molecule has 5 heteroatoms. The topological polar surface area (TPSA) is 58.1 Å². The summed E-state index contributed by atoms with van der Waals surface area (Å²) in [7, 11) is 0. The summed E-state index contributed by atoms with van der Waals surface area (Å²) in [6.45, 7) is 9.81. The van der Waals surface area contributed by atoms with Gasteiger partial charge in [-0.25, -0.2) is 9.97 Å². The van der Waals surface area contributed by atoms with E-state index < -0.39 is 0 Å². The van der Waals surface area contributed by atoms with Crippen LogP contribution in [0.4, 0.5) is 5.82 Å². The summed E-state index contributed by atoms with van der Waals surface area (Å²) >= 11 is 0. The van der Waals surface area contributed by atoms with Gasteiger partial charge in [-0.1, -0.05) is 20.8 Å². The third-order valence-electron chi connectivity index (χ3n) is 4.46. The lowest BCUT2D eigenvalue weighted by molar-refractivity contribution is -0.129. The molecule has 1 N–H and O–H groups in total. The van der Waals surface area contributed by atoms with Gasteiger partial charge in [0.1, 0.15) is 12.1 Å². The summed E-state index contributed by atoms with van der Waals surface area (Å²) in [5.74, 6) is 1.01. The van der Waals surface area contributed by atoms with Gasteiger partial charge in [0.25, 0.3) is 0 Å². The van der Waals surface area contributed by atoms with Gasteiger partial charge in [0.2, 0.25) is 5.91 Å². The van der Waals surface area contributed by atoms with Gasteiger partial charge in [-0.05, 0) is 19.3 Å². The van der Waals surface area contributed by atoms with Crippen molar-refractivity contribution in [2.24, 2.45) is 0 Å². The Morgan fingerprint density at radius 1 is 1.48 bits per heavy atom. The fraction of sp³-hybridized carbons (Fsp3) is 0.688. The molecule has 1 aromatic rings. The van der Waals surface area contributed by atoms with Crippen LogP contribution in [0.25, 0.3) is 0 Å². The second-order valence-corrected chi connectivity index (χ2v) is 6.47. The first-order chi connectivity index (χ1) is 9.92. The SMILES string of the molecule is CCC(C)(C)c1cc(N[C@H]2CCCN(C(C)=O)C2)ncn1. The molecule has 1 fully saturated rings. The van der Waals surface area contributed by atoms with E-state index in [-0.39, 0.29) is 17.4 Å². The number of nitrogens with one attached hydrogen (secondary N) is 1. The zero-order valence-corrected chi connectivity index (χ0v) is 13.5. The minimum absolute atomic E-state index is 0.0529. The summed E-state index contributed by atoms with van der Waals surface area (Å²) in [5.41, 5.74) is 1.11. The summed E-state index contributed by atoms with van der Waals surface area (Å²) in [6, 6.07) is 2.31. The van der Waals surface area contributed by atoms with Crippen molar-refractivity contribution in [2.75, 3.05) is 18.4 Å². The van der Waals surface area contributed by atoms with E-state index in [2.05, 4.69) is 36.1 Å². The van der Waals surface area contributed by atoms with Gasteiger partial charge < -0.3 is 10.2 Å². The number of anilines is 1. The molecule has 1 aromatic heterocycles. The van der Waals surface area contributed by atoms with Crippen molar-refractivity contribution in [3.63, 3.8) is 0 Å². The number of amides is 1. The largest absolute Gasteiger partial charge is 0.365 e. The quantitative estimate of drug-likeness (QED) is 0.926. The van der Waals surface area contributed by atoms with E-state index in [1.54, 1.807) is 13.3 Å². The fourth-order valence-corrected chi connectivity index (χ4v) is 2.58. The minimum atomic E-state index is 0.0529. The predicted molar refractivity (Wildman–Crippen MR) is 84.2 cm³/mol. The van der Waals surface area contributed by atoms with Crippen molar-refractivity contribution in [1.29, 1.82) is 0 Å². The molecule has 5 nitrogen and oxygen atoms in total. The van der Waals surface area contributed by atoms with Gasteiger partial charge in [0.05, 0.1) is 5.69 Å². The monoisotopic (exact) mass is 290 g/mol. The second-order valence-electron chi connectivity index (χ2n) is 6.47. The molecule has 0 aliphatic carbocycles. The van der Waals surface area contributed by atoms with E-state index in [9.17, 15) is 4.79 Å². The van der Waals surface area contributed by atoms with Crippen LogP contribution in [0.1, 0.15) is 52.7 Å². The Morgan fingerprint density at radius 2 is 2.24 bits per heavy atom. The number of hydrogen-bond donors (Lipinski definition) is 1. The van der Waals surface area contributed by atoms with Gasteiger partial charge in [-0.15, -0.1) is 0 Å². The highest BCUT2D eigenvalue weighted by Gasteiger charge is 2.23. The van der Waals surface area contributed by atoms with Crippen molar-refractivity contribution in [3.05, 3.63) is 18.1 Å². The number of hydrogen-bond acceptors (Lipinski definition) is 4. The fourth-order valence-electron chi connectivity index (χ4n) is 2.58. The van der Waals surface area contributed by atoms with E-state index in [1.807, 2.05) is 11.0 Å². The van der Waals surface area contributed by atoms with Gasteiger partial charge in [-0.2, -0.15) is 0 Å². The second kappa shape index (κ2) is 6.41. The molecule has 2 rings (SSSR count). The van der Waals surface area contributed by atoms with E-state index >= 15 is 0 Å². The van der Waals surface area contributed by atoms with Gasteiger partial charge in [-0.3, -0.25) is 4.79 Å². The normalized spacial score (nSPS) is 19.4. The molecule has 1 aliphatic heterocycles. The van der Waals surface area contributed by atoms with Crippen LogP contribution in [-0.2, 0) is 10.2 Å². The van der Waals surface area contributed by atoms with Crippen molar-refractivity contribution in [2.45, 2.75) is 58.4 Å². The maximum Gasteiger partial charge on any atom is 0.219 e. The highest BCUT2D eigenvalue weighted by Crippen LogP contribution is 2.26. The number of nitrogens with zero attached hydrogens (tertiary/aromatic N) is 3. The van der Waals surface area contributed by atoms with Gasteiger partial charge in [0.15, 0.2) is 0 Å². The van der Waals surface area contributed by atoms with Crippen LogP contribution in [0.2, 0.25) is 0 Å². The van der Waals surface area contributed by atoms with Crippen LogP contribution >= 0.6 is 0 Å². The lowest BCUT2D eigenvalue weighted by Gasteiger charge is -2.33. The molecular weight excluding hydrogens is 264 g/mol. The summed E-state index contributed by atoms with van der Waals surface area (Å²) in [6.07, 6.45) is 4.77. The maximum absolute atomic E-state index is 11.5. The van der Waals surface area contributed by atoms with E-state index in [0.29, 0.717) is 0 Å². The summed E-state index contributed by atoms with van der Waals surface area (Å²) < 4.78 is 0. The first-order valence-electron chi connectivity index (χ1n) is 7.77. The molecule has 2 heterocycles. The summed E-state index contributed by atoms with van der Waals surface area (Å²) in [4.78, 5) is 22.1. The van der Waals surface area contributed by atoms with Crippen LogP contribution < -0.4 is 5.32 Å². The highest BCUT2D eigenvalue weighted by atomic mass is 16.2. The Morgan fingerprint density at radius 3 is 2.90 bits per heavy atom.